The fraction of sp³-hybridized carbons (Fsp3) is 0.134. The average molecular weight is 889 g/mol. The van der Waals surface area contributed by atoms with Crippen LogP contribution in [0.25, 0.3) is 40.5 Å². The fourth-order valence-electron chi connectivity index (χ4n) is 11.4. The van der Waals surface area contributed by atoms with Crippen LogP contribution in [0.1, 0.15) is 87.7 Å². The molecule has 69 heavy (non-hydrogen) atoms. The van der Waals surface area contributed by atoms with Crippen LogP contribution >= 0.6 is 0 Å². The van der Waals surface area contributed by atoms with Crippen LogP contribution in [0.3, 0.4) is 0 Å². The van der Waals surface area contributed by atoms with E-state index in [2.05, 4.69) is 255 Å². The van der Waals surface area contributed by atoms with Crippen LogP contribution in [0, 0.1) is 20.8 Å². The molecule has 0 aliphatic heterocycles. The van der Waals surface area contributed by atoms with Crippen LogP contribution in [0.5, 0.6) is 0 Å². The second-order valence-electron chi connectivity index (χ2n) is 19.4. The first-order valence-electron chi connectivity index (χ1n) is 24.8. The molecule has 2 heteroatoms. The number of fused-ring (bicyclic) bond motifs is 10. The maximum absolute atomic E-state index is 2.49. The molecule has 9 aromatic rings. The molecule has 1 spiro atoms. The predicted octanol–water partition coefficient (Wildman–Crippen LogP) is 18.4. The van der Waals surface area contributed by atoms with Crippen molar-refractivity contribution >= 4 is 52.4 Å². The van der Waals surface area contributed by atoms with Crippen molar-refractivity contribution in [3.8, 4) is 22.3 Å². The molecular formula is C67H56N2. The summed E-state index contributed by atoms with van der Waals surface area (Å²) in [4.78, 5) is 4.84. The fourth-order valence-corrected chi connectivity index (χ4v) is 11.4. The van der Waals surface area contributed by atoms with E-state index in [0.717, 1.165) is 34.1 Å². The minimum atomic E-state index is -0.547. The van der Waals surface area contributed by atoms with Crippen molar-refractivity contribution in [2.24, 2.45) is 0 Å². The van der Waals surface area contributed by atoms with Gasteiger partial charge in [-0.3, -0.25) is 0 Å². The molecule has 1 fully saturated rings. The Morgan fingerprint density at radius 1 is 0.333 bits per heavy atom. The molecule has 9 aromatic carbocycles. The number of allylic oxidation sites excluding steroid dienone is 1. The molecule has 334 valence electrons. The van der Waals surface area contributed by atoms with Gasteiger partial charge in [-0.2, -0.15) is 0 Å². The molecule has 2 nitrogen and oxygen atoms in total. The maximum Gasteiger partial charge on any atom is 0.0727 e. The van der Waals surface area contributed by atoms with E-state index < -0.39 is 5.41 Å². The molecule has 0 amide bonds. The van der Waals surface area contributed by atoms with E-state index >= 15 is 0 Å². The number of hydrogen-bond donors (Lipinski definition) is 0. The lowest BCUT2D eigenvalue weighted by atomic mass is 9.70. The predicted molar refractivity (Wildman–Crippen MR) is 293 cm³/mol. The third-order valence-electron chi connectivity index (χ3n) is 14.9. The summed E-state index contributed by atoms with van der Waals surface area (Å²) in [5, 5.41) is 0. The van der Waals surface area contributed by atoms with Crippen molar-refractivity contribution < 1.29 is 0 Å². The average Bonchev–Trinajstić information content (AvgIpc) is 3.85. The summed E-state index contributed by atoms with van der Waals surface area (Å²) in [6.45, 7) is 6.47. The molecule has 1 unspecified atom stereocenters. The Kier molecular flexibility index (Phi) is 10.8. The van der Waals surface area contributed by atoms with Gasteiger partial charge in [0.2, 0.25) is 0 Å². The minimum Gasteiger partial charge on any atom is -0.310 e. The zero-order valence-corrected chi connectivity index (χ0v) is 39.8. The van der Waals surface area contributed by atoms with Crippen LogP contribution in [-0.4, -0.2) is 0 Å². The summed E-state index contributed by atoms with van der Waals surface area (Å²) >= 11 is 0. The van der Waals surface area contributed by atoms with E-state index in [-0.39, 0.29) is 0 Å². The number of anilines is 6. The lowest BCUT2D eigenvalue weighted by molar-refractivity contribution is 0.602. The van der Waals surface area contributed by atoms with Crippen LogP contribution in [0.2, 0.25) is 0 Å². The largest absolute Gasteiger partial charge is 0.310 e. The summed E-state index contributed by atoms with van der Waals surface area (Å²) in [6.07, 6.45) is 13.4. The second-order valence-corrected chi connectivity index (χ2v) is 19.4. The van der Waals surface area contributed by atoms with Gasteiger partial charge in [0.1, 0.15) is 0 Å². The molecule has 3 aliphatic carbocycles. The Balaban J connectivity index is 0.974. The Labute approximate surface area is 408 Å². The summed E-state index contributed by atoms with van der Waals surface area (Å²) in [7, 11) is 0. The van der Waals surface area contributed by atoms with E-state index in [1.165, 1.54) is 110 Å². The van der Waals surface area contributed by atoms with Crippen molar-refractivity contribution in [1.29, 1.82) is 0 Å². The molecule has 0 saturated heterocycles. The van der Waals surface area contributed by atoms with E-state index in [9.17, 15) is 0 Å². The highest BCUT2D eigenvalue weighted by Gasteiger charge is 2.52. The zero-order chi connectivity index (χ0) is 46.5. The number of aryl methyl sites for hydroxylation is 3. The molecule has 0 radical (unpaired) electrons. The van der Waals surface area contributed by atoms with Gasteiger partial charge in [-0.25, -0.2) is 0 Å². The third kappa shape index (κ3) is 7.61. The Hall–Kier alpha value is -7.94. The Morgan fingerprint density at radius 3 is 1.12 bits per heavy atom. The van der Waals surface area contributed by atoms with Crippen LogP contribution in [-0.2, 0) is 5.41 Å². The zero-order valence-electron chi connectivity index (χ0n) is 39.8. The van der Waals surface area contributed by atoms with Gasteiger partial charge in [0.15, 0.2) is 0 Å². The minimum absolute atomic E-state index is 0.547. The van der Waals surface area contributed by atoms with Gasteiger partial charge >= 0.3 is 0 Å². The lowest BCUT2D eigenvalue weighted by Crippen LogP contribution is -2.26. The standard InChI is InChI=1S/C67H56N2/c1-46-17-31-53(32-18-46)68(54-33-19-47(2)20-34-54)57-39-41-61-59-13-7-9-15-63(59)67(65(61)44-57)64-16-10-8-14-60(64)62-42-40-58(45-66(62)67)69(55-35-21-48(3)22-36-55)56-37-29-50(30-38-56)24-23-49-25-27-52(28-26-49)43-51-11-5-4-6-12-51/h7-10,13-45H,4-6,11-12H2,1-3H3/b24-23+. The molecule has 1 saturated carbocycles. The van der Waals surface area contributed by atoms with Gasteiger partial charge in [-0.15, -0.1) is 0 Å². The first kappa shape index (κ1) is 42.4. The highest BCUT2D eigenvalue weighted by Crippen LogP contribution is 2.64. The number of hydrogen-bond acceptors (Lipinski definition) is 2. The summed E-state index contributed by atoms with van der Waals surface area (Å²) in [6, 6.07) is 77.5. The quantitative estimate of drug-likeness (QED) is 0.133. The molecule has 3 aliphatic rings. The van der Waals surface area contributed by atoms with Gasteiger partial charge < -0.3 is 9.80 Å². The molecule has 0 N–H and O–H groups in total. The van der Waals surface area contributed by atoms with Crippen molar-refractivity contribution in [2.75, 3.05) is 9.80 Å². The second kappa shape index (κ2) is 17.6. The lowest BCUT2D eigenvalue weighted by Gasteiger charge is -2.33. The normalized spacial score (nSPS) is 15.4. The monoisotopic (exact) mass is 888 g/mol. The first-order valence-corrected chi connectivity index (χ1v) is 24.8. The highest BCUT2D eigenvalue weighted by molar-refractivity contribution is 5.97. The third-order valence-corrected chi connectivity index (χ3v) is 14.9. The molecule has 0 heterocycles. The van der Waals surface area contributed by atoms with E-state index in [0.29, 0.717) is 0 Å². The van der Waals surface area contributed by atoms with Gasteiger partial charge in [-0.05, 0) is 180 Å². The Bertz CT molecular complexity index is 3340. The summed E-state index contributed by atoms with van der Waals surface area (Å²) < 4.78 is 0. The van der Waals surface area contributed by atoms with Gasteiger partial charge in [-0.1, -0.05) is 180 Å². The maximum atomic E-state index is 2.49. The number of benzene rings is 9. The van der Waals surface area contributed by atoms with E-state index in [1.54, 1.807) is 5.57 Å². The van der Waals surface area contributed by atoms with Crippen molar-refractivity contribution in [3.05, 3.63) is 267 Å². The summed E-state index contributed by atoms with van der Waals surface area (Å²) in [5.74, 6) is 0. The molecule has 12 rings (SSSR count). The Morgan fingerprint density at radius 2 is 0.681 bits per heavy atom. The summed E-state index contributed by atoms with van der Waals surface area (Å²) in [5.41, 5.74) is 25.6. The highest BCUT2D eigenvalue weighted by atomic mass is 15.1. The van der Waals surface area contributed by atoms with Crippen molar-refractivity contribution in [2.45, 2.75) is 58.3 Å². The topological polar surface area (TPSA) is 6.48 Å². The van der Waals surface area contributed by atoms with E-state index in [1.807, 2.05) is 0 Å². The molecular weight excluding hydrogens is 833 g/mol. The molecule has 0 aromatic heterocycles. The SMILES string of the molecule is Cc1ccc(N(c2ccc(C)cc2)c2ccc3c(c2)C2(c4ccccc4-3)c3ccccc3-c3ccc(N(c4ccc(C)cc4)c4ccc(/C=C/c5ccc(C=C6CCCCC6)cc5)cc4)cc32)cc1. The van der Waals surface area contributed by atoms with Crippen LogP contribution < -0.4 is 9.80 Å². The van der Waals surface area contributed by atoms with Gasteiger partial charge in [0, 0.05) is 34.1 Å². The smallest absolute Gasteiger partial charge is 0.0727 e. The first-order chi connectivity index (χ1) is 33.9. The molecule has 0 bridgehead atoms. The van der Waals surface area contributed by atoms with Crippen molar-refractivity contribution in [1.82, 2.24) is 0 Å². The molecule has 1 atom stereocenters. The number of rotatable bonds is 9. The number of nitrogens with zero attached hydrogens (tertiary/aromatic N) is 2. The van der Waals surface area contributed by atoms with Crippen LogP contribution in [0.4, 0.5) is 34.1 Å². The van der Waals surface area contributed by atoms with Gasteiger partial charge in [0.05, 0.1) is 5.41 Å². The van der Waals surface area contributed by atoms with Gasteiger partial charge in [0.25, 0.3) is 0 Å². The van der Waals surface area contributed by atoms with Crippen LogP contribution in [0.15, 0.2) is 212 Å². The van der Waals surface area contributed by atoms with E-state index in [4.69, 9.17) is 0 Å². The van der Waals surface area contributed by atoms with Crippen molar-refractivity contribution in [3.63, 3.8) is 0 Å².